The molecule has 0 aromatic heterocycles. The maximum atomic E-state index is 14.5. The Hall–Kier alpha value is -1.46. The predicted octanol–water partition coefficient (Wildman–Crippen LogP) is 6.93. The van der Waals surface area contributed by atoms with Gasteiger partial charge in [0.05, 0.1) is 20.3 Å². The van der Waals surface area contributed by atoms with Crippen LogP contribution >= 0.6 is 0 Å². The summed E-state index contributed by atoms with van der Waals surface area (Å²) in [6.07, 6.45) is 8.00. The predicted molar refractivity (Wildman–Crippen MR) is 110 cm³/mol. The number of methoxy groups -OCH3 is 1. The lowest BCUT2D eigenvalue weighted by Gasteiger charge is -2.28. The molecule has 28 heavy (non-hydrogen) atoms. The van der Waals surface area contributed by atoms with Crippen molar-refractivity contribution >= 4 is 0 Å². The third-order valence-electron chi connectivity index (χ3n) is 5.29. The summed E-state index contributed by atoms with van der Waals surface area (Å²) < 4.78 is 45.0. The molecule has 0 radical (unpaired) electrons. The summed E-state index contributed by atoms with van der Waals surface area (Å²) in [5, 5.41) is 0. The van der Waals surface area contributed by atoms with Gasteiger partial charge in [0.25, 0.3) is 0 Å². The van der Waals surface area contributed by atoms with Crippen LogP contribution in [0.25, 0.3) is 0 Å². The molecule has 2 atom stereocenters. The third kappa shape index (κ3) is 7.51. The van der Waals surface area contributed by atoms with Crippen molar-refractivity contribution in [2.24, 2.45) is 5.92 Å². The van der Waals surface area contributed by atoms with Crippen LogP contribution in [-0.2, 0) is 14.2 Å². The van der Waals surface area contributed by atoms with Gasteiger partial charge in [0, 0.05) is 0 Å². The van der Waals surface area contributed by atoms with E-state index in [1.807, 2.05) is 12.2 Å². The SMILES string of the molecule is CCC(=C(F)\C(F)=C(/C)OC)/C(C)=C/C=C(\CC)COC1CCC(CC)CO1. The smallest absolute Gasteiger partial charge is 0.196 e. The molecule has 1 aliphatic heterocycles. The van der Waals surface area contributed by atoms with Gasteiger partial charge in [-0.3, -0.25) is 0 Å². The molecule has 3 nitrogen and oxygen atoms in total. The van der Waals surface area contributed by atoms with Crippen molar-refractivity contribution in [2.75, 3.05) is 20.3 Å². The van der Waals surface area contributed by atoms with Gasteiger partial charge in [-0.25, -0.2) is 8.78 Å². The van der Waals surface area contributed by atoms with E-state index < -0.39 is 11.7 Å². The largest absolute Gasteiger partial charge is 0.498 e. The summed E-state index contributed by atoms with van der Waals surface area (Å²) in [6.45, 7) is 10.5. The molecule has 0 aromatic rings. The summed E-state index contributed by atoms with van der Waals surface area (Å²) >= 11 is 0. The first-order chi connectivity index (χ1) is 13.4. The molecule has 2 unspecified atom stereocenters. The van der Waals surface area contributed by atoms with E-state index >= 15 is 0 Å². The maximum Gasteiger partial charge on any atom is 0.196 e. The van der Waals surface area contributed by atoms with Gasteiger partial charge in [-0.2, -0.15) is 0 Å². The van der Waals surface area contributed by atoms with Gasteiger partial charge in [0.2, 0.25) is 0 Å². The minimum atomic E-state index is -0.949. The molecule has 0 bridgehead atoms. The summed E-state index contributed by atoms with van der Waals surface area (Å²) in [5.74, 6) is -1.24. The Morgan fingerprint density at radius 1 is 1.04 bits per heavy atom. The second kappa shape index (κ2) is 12.9. The Morgan fingerprint density at radius 3 is 2.25 bits per heavy atom. The van der Waals surface area contributed by atoms with Crippen LogP contribution in [0.3, 0.4) is 0 Å². The third-order valence-corrected chi connectivity index (χ3v) is 5.29. The number of halogens is 2. The Bertz CT molecular complexity index is 609. The lowest BCUT2D eigenvalue weighted by molar-refractivity contribution is -0.170. The van der Waals surface area contributed by atoms with E-state index in [2.05, 4.69) is 13.8 Å². The van der Waals surface area contributed by atoms with E-state index in [4.69, 9.17) is 14.2 Å². The van der Waals surface area contributed by atoms with E-state index in [-0.39, 0.29) is 12.0 Å². The van der Waals surface area contributed by atoms with Crippen LogP contribution in [0.1, 0.15) is 66.7 Å². The van der Waals surface area contributed by atoms with Gasteiger partial charge in [-0.05, 0) is 62.2 Å². The summed E-state index contributed by atoms with van der Waals surface area (Å²) in [7, 11) is 1.32. The Kier molecular flexibility index (Phi) is 11.3. The molecule has 1 heterocycles. The highest BCUT2D eigenvalue weighted by molar-refractivity contribution is 5.40. The van der Waals surface area contributed by atoms with Crippen LogP contribution in [-0.4, -0.2) is 26.6 Å². The first-order valence-electron chi connectivity index (χ1n) is 10.3. The second-order valence-corrected chi connectivity index (χ2v) is 7.17. The molecule has 1 aliphatic rings. The van der Waals surface area contributed by atoms with E-state index in [0.717, 1.165) is 37.9 Å². The van der Waals surface area contributed by atoms with E-state index in [1.165, 1.54) is 14.0 Å². The molecule has 0 N–H and O–H groups in total. The zero-order valence-electron chi connectivity index (χ0n) is 18.2. The monoisotopic (exact) mass is 398 g/mol. The minimum Gasteiger partial charge on any atom is -0.498 e. The van der Waals surface area contributed by atoms with Gasteiger partial charge in [0.15, 0.2) is 17.9 Å². The fourth-order valence-corrected chi connectivity index (χ4v) is 3.03. The maximum absolute atomic E-state index is 14.5. The molecule has 160 valence electrons. The van der Waals surface area contributed by atoms with Gasteiger partial charge in [0.1, 0.15) is 5.76 Å². The van der Waals surface area contributed by atoms with Crippen molar-refractivity contribution in [3.63, 3.8) is 0 Å². The Labute approximate surface area is 169 Å². The van der Waals surface area contributed by atoms with E-state index in [0.29, 0.717) is 30.1 Å². The van der Waals surface area contributed by atoms with E-state index in [9.17, 15) is 8.78 Å². The highest BCUT2D eigenvalue weighted by Crippen LogP contribution is 2.28. The zero-order chi connectivity index (χ0) is 21.1. The number of ether oxygens (including phenoxy) is 3. The standard InChI is InChI=1S/C23H36F2O3/c1-7-18(14-27-21-13-12-19(8-2)15-28-21)11-10-16(4)20(9-3)23(25)22(24)17(5)26-6/h10-11,19,21H,7-9,12-15H2,1-6H3/b16-10+,18-11+,22-17-,23-20-. The number of hydrogen-bond acceptors (Lipinski definition) is 3. The summed E-state index contributed by atoms with van der Waals surface area (Å²) in [5.41, 5.74) is 2.10. The van der Waals surface area contributed by atoms with Crippen molar-refractivity contribution in [1.82, 2.24) is 0 Å². The molecule has 0 amide bonds. The van der Waals surface area contributed by atoms with Gasteiger partial charge >= 0.3 is 0 Å². The van der Waals surface area contributed by atoms with Gasteiger partial charge < -0.3 is 14.2 Å². The lowest BCUT2D eigenvalue weighted by atomic mass is 9.99. The van der Waals surface area contributed by atoms with Crippen LogP contribution in [0.4, 0.5) is 8.78 Å². The number of allylic oxidation sites excluding steroid dienone is 7. The molecule has 1 saturated heterocycles. The van der Waals surface area contributed by atoms with Crippen LogP contribution in [0, 0.1) is 5.92 Å². The van der Waals surface area contributed by atoms with Crippen molar-refractivity contribution < 1.29 is 23.0 Å². The summed E-state index contributed by atoms with van der Waals surface area (Å²) in [4.78, 5) is 0. The highest BCUT2D eigenvalue weighted by atomic mass is 19.2. The van der Waals surface area contributed by atoms with Crippen LogP contribution < -0.4 is 0 Å². The first kappa shape index (κ1) is 24.6. The minimum absolute atomic E-state index is 0.0627. The number of rotatable bonds is 10. The molecule has 0 spiro atoms. The normalized spacial score (nSPS) is 23.3. The topological polar surface area (TPSA) is 27.7 Å². The average Bonchev–Trinajstić information content (AvgIpc) is 2.73. The first-order valence-corrected chi connectivity index (χ1v) is 10.3. The van der Waals surface area contributed by atoms with Crippen molar-refractivity contribution in [2.45, 2.75) is 73.0 Å². The Morgan fingerprint density at radius 2 is 1.75 bits per heavy atom. The van der Waals surface area contributed by atoms with Crippen molar-refractivity contribution in [1.29, 1.82) is 0 Å². The van der Waals surface area contributed by atoms with Crippen LogP contribution in [0.5, 0.6) is 0 Å². The molecular weight excluding hydrogens is 362 g/mol. The van der Waals surface area contributed by atoms with Crippen LogP contribution in [0.15, 0.2) is 46.3 Å². The Balaban J connectivity index is 2.81. The fourth-order valence-electron chi connectivity index (χ4n) is 3.03. The molecule has 0 aromatic carbocycles. The van der Waals surface area contributed by atoms with Gasteiger partial charge in [-0.1, -0.05) is 39.3 Å². The average molecular weight is 399 g/mol. The van der Waals surface area contributed by atoms with Crippen molar-refractivity contribution in [3.05, 3.63) is 46.3 Å². The quantitative estimate of drug-likeness (QED) is 0.295. The summed E-state index contributed by atoms with van der Waals surface area (Å²) in [6, 6.07) is 0. The number of hydrogen-bond donors (Lipinski definition) is 0. The van der Waals surface area contributed by atoms with Crippen LogP contribution in [0.2, 0.25) is 0 Å². The lowest BCUT2D eigenvalue weighted by Crippen LogP contribution is -2.28. The molecule has 0 aliphatic carbocycles. The zero-order valence-corrected chi connectivity index (χ0v) is 18.2. The molecular formula is C23H36F2O3. The second-order valence-electron chi connectivity index (χ2n) is 7.17. The molecule has 5 heteroatoms. The molecule has 0 saturated carbocycles. The fraction of sp³-hybridized carbons (Fsp3) is 0.652. The molecule has 1 rings (SSSR count). The van der Waals surface area contributed by atoms with E-state index in [1.54, 1.807) is 13.8 Å². The van der Waals surface area contributed by atoms with Gasteiger partial charge in [-0.15, -0.1) is 0 Å². The van der Waals surface area contributed by atoms with Crippen molar-refractivity contribution in [3.8, 4) is 0 Å². The highest BCUT2D eigenvalue weighted by Gasteiger charge is 2.21. The molecule has 1 fully saturated rings.